The van der Waals surface area contributed by atoms with Crippen LogP contribution in [0.1, 0.15) is 24.1 Å². The fourth-order valence-electron chi connectivity index (χ4n) is 2.63. The number of likely N-dealkylation sites (N-methyl/N-ethyl adjacent to an activating group) is 2. The molecule has 18 heavy (non-hydrogen) atoms. The van der Waals surface area contributed by atoms with E-state index in [1.54, 1.807) is 0 Å². The quantitative estimate of drug-likeness (QED) is 0.878. The van der Waals surface area contributed by atoms with Crippen LogP contribution in [0.2, 0.25) is 0 Å². The fraction of sp³-hybridized carbons (Fsp3) is 0.600. The van der Waals surface area contributed by atoms with Crippen LogP contribution in [0.5, 0.6) is 0 Å². The van der Waals surface area contributed by atoms with Crippen molar-refractivity contribution in [1.82, 2.24) is 9.80 Å². The number of hydrogen-bond acceptors (Lipinski definition) is 3. The van der Waals surface area contributed by atoms with Gasteiger partial charge in [0, 0.05) is 31.7 Å². The van der Waals surface area contributed by atoms with Crippen LogP contribution in [0.15, 0.2) is 24.3 Å². The van der Waals surface area contributed by atoms with Gasteiger partial charge in [0.1, 0.15) is 0 Å². The van der Waals surface area contributed by atoms with Crippen LogP contribution in [-0.4, -0.2) is 49.6 Å². The molecule has 2 rings (SSSR count). The number of aryl methyl sites for hydroxylation is 1. The van der Waals surface area contributed by atoms with Crippen LogP contribution in [0, 0.1) is 0 Å². The molecular formula is C15H25N3. The van der Waals surface area contributed by atoms with Gasteiger partial charge in [-0.15, -0.1) is 0 Å². The second kappa shape index (κ2) is 5.83. The Kier molecular flexibility index (Phi) is 4.38. The summed E-state index contributed by atoms with van der Waals surface area (Å²) in [5, 5.41) is 0. The maximum Gasteiger partial charge on any atom is 0.0465 e. The third kappa shape index (κ3) is 2.91. The van der Waals surface area contributed by atoms with Gasteiger partial charge in [-0.05, 0) is 31.6 Å². The fourth-order valence-corrected chi connectivity index (χ4v) is 2.63. The average Bonchev–Trinajstić information content (AvgIpc) is 2.41. The summed E-state index contributed by atoms with van der Waals surface area (Å²) in [6.07, 6.45) is 1.08. The van der Waals surface area contributed by atoms with E-state index in [4.69, 9.17) is 5.73 Å². The average molecular weight is 247 g/mol. The summed E-state index contributed by atoms with van der Waals surface area (Å²) in [6, 6.07) is 9.28. The van der Waals surface area contributed by atoms with Gasteiger partial charge in [-0.25, -0.2) is 0 Å². The van der Waals surface area contributed by atoms with E-state index in [1.165, 1.54) is 11.1 Å². The largest absolute Gasteiger partial charge is 0.323 e. The third-order valence-corrected chi connectivity index (χ3v) is 4.09. The molecule has 0 spiro atoms. The van der Waals surface area contributed by atoms with E-state index in [-0.39, 0.29) is 6.04 Å². The Hall–Kier alpha value is -0.900. The first-order chi connectivity index (χ1) is 8.61. The van der Waals surface area contributed by atoms with E-state index in [9.17, 15) is 0 Å². The van der Waals surface area contributed by atoms with Gasteiger partial charge in [0.25, 0.3) is 0 Å². The van der Waals surface area contributed by atoms with Crippen molar-refractivity contribution in [3.63, 3.8) is 0 Å². The van der Waals surface area contributed by atoms with Gasteiger partial charge in [0.15, 0.2) is 0 Å². The summed E-state index contributed by atoms with van der Waals surface area (Å²) in [7, 11) is 4.35. The van der Waals surface area contributed by atoms with Gasteiger partial charge in [-0.3, -0.25) is 4.90 Å². The summed E-state index contributed by atoms with van der Waals surface area (Å²) >= 11 is 0. The summed E-state index contributed by atoms with van der Waals surface area (Å²) in [6.45, 7) is 5.46. The van der Waals surface area contributed by atoms with Gasteiger partial charge >= 0.3 is 0 Å². The molecular weight excluding hydrogens is 222 g/mol. The highest BCUT2D eigenvalue weighted by Crippen LogP contribution is 2.21. The zero-order valence-electron chi connectivity index (χ0n) is 11.8. The molecule has 3 nitrogen and oxygen atoms in total. The highest BCUT2D eigenvalue weighted by Gasteiger charge is 2.28. The Labute approximate surface area is 111 Å². The first-order valence-corrected chi connectivity index (χ1v) is 6.85. The highest BCUT2D eigenvalue weighted by atomic mass is 15.3. The molecule has 1 aliphatic rings. The predicted octanol–water partition coefficient (Wildman–Crippen LogP) is 1.49. The van der Waals surface area contributed by atoms with Crippen molar-refractivity contribution in [3.05, 3.63) is 35.4 Å². The van der Waals surface area contributed by atoms with Crippen LogP contribution in [-0.2, 0) is 6.42 Å². The lowest BCUT2D eigenvalue weighted by Crippen LogP contribution is -2.54. The van der Waals surface area contributed by atoms with Crippen molar-refractivity contribution in [3.8, 4) is 0 Å². The summed E-state index contributed by atoms with van der Waals surface area (Å²) in [4.78, 5) is 4.75. The van der Waals surface area contributed by atoms with Crippen molar-refractivity contribution < 1.29 is 0 Å². The Morgan fingerprint density at radius 2 is 1.89 bits per heavy atom. The van der Waals surface area contributed by atoms with Gasteiger partial charge in [0.05, 0.1) is 0 Å². The van der Waals surface area contributed by atoms with Gasteiger partial charge in [-0.1, -0.05) is 31.2 Å². The molecule has 0 saturated carbocycles. The van der Waals surface area contributed by atoms with Crippen molar-refractivity contribution in [2.45, 2.75) is 25.4 Å². The normalized spacial score (nSPS) is 24.1. The monoisotopic (exact) mass is 247 g/mol. The summed E-state index contributed by atoms with van der Waals surface area (Å²) in [5.41, 5.74) is 9.07. The molecule has 100 valence electrons. The van der Waals surface area contributed by atoms with Crippen LogP contribution < -0.4 is 5.73 Å². The molecule has 1 fully saturated rings. The lowest BCUT2D eigenvalue weighted by Gasteiger charge is -2.40. The molecule has 2 atom stereocenters. The Balaban J connectivity index is 2.10. The standard InChI is InChI=1S/C15H25N3/c1-4-12-5-7-13(8-6-12)15(16)14-11-17(2)9-10-18(14)3/h5-8,14-15H,4,9-11,16H2,1-3H3. The minimum absolute atomic E-state index is 0.101. The van der Waals surface area contributed by atoms with E-state index >= 15 is 0 Å². The molecule has 2 N–H and O–H groups in total. The van der Waals surface area contributed by atoms with E-state index in [0.29, 0.717) is 6.04 Å². The van der Waals surface area contributed by atoms with Gasteiger partial charge in [0.2, 0.25) is 0 Å². The number of benzene rings is 1. The number of piperazine rings is 1. The Morgan fingerprint density at radius 1 is 1.22 bits per heavy atom. The molecule has 1 saturated heterocycles. The minimum Gasteiger partial charge on any atom is -0.323 e. The Morgan fingerprint density at radius 3 is 2.50 bits per heavy atom. The second-order valence-corrected chi connectivity index (χ2v) is 5.43. The molecule has 0 radical (unpaired) electrons. The van der Waals surface area contributed by atoms with Crippen LogP contribution in [0.3, 0.4) is 0 Å². The first-order valence-electron chi connectivity index (χ1n) is 6.85. The summed E-state index contributed by atoms with van der Waals surface area (Å²) < 4.78 is 0. The maximum absolute atomic E-state index is 6.45. The van der Waals surface area contributed by atoms with Crippen LogP contribution in [0.4, 0.5) is 0 Å². The molecule has 3 heteroatoms. The van der Waals surface area contributed by atoms with Crippen LogP contribution in [0.25, 0.3) is 0 Å². The Bertz CT molecular complexity index is 374. The molecule has 2 unspecified atom stereocenters. The number of nitrogens with two attached hydrogens (primary N) is 1. The lowest BCUT2D eigenvalue weighted by molar-refractivity contribution is 0.0974. The minimum atomic E-state index is 0.101. The molecule has 0 bridgehead atoms. The maximum atomic E-state index is 6.45. The second-order valence-electron chi connectivity index (χ2n) is 5.43. The topological polar surface area (TPSA) is 32.5 Å². The van der Waals surface area contributed by atoms with Gasteiger partial charge < -0.3 is 10.6 Å². The predicted molar refractivity (Wildman–Crippen MR) is 76.7 cm³/mol. The molecule has 0 amide bonds. The summed E-state index contributed by atoms with van der Waals surface area (Å²) in [5.74, 6) is 0. The number of hydrogen-bond donors (Lipinski definition) is 1. The molecule has 1 aliphatic heterocycles. The third-order valence-electron chi connectivity index (χ3n) is 4.09. The van der Waals surface area contributed by atoms with E-state index in [2.05, 4.69) is 55.1 Å². The zero-order valence-corrected chi connectivity index (χ0v) is 11.8. The lowest BCUT2D eigenvalue weighted by atomic mass is 9.96. The molecule has 1 aromatic carbocycles. The molecule has 0 aromatic heterocycles. The van der Waals surface area contributed by atoms with Crippen molar-refractivity contribution in [2.75, 3.05) is 33.7 Å². The van der Waals surface area contributed by atoms with E-state index < -0.39 is 0 Å². The van der Waals surface area contributed by atoms with E-state index in [1.807, 2.05) is 0 Å². The van der Waals surface area contributed by atoms with Crippen molar-refractivity contribution in [1.29, 1.82) is 0 Å². The van der Waals surface area contributed by atoms with Crippen molar-refractivity contribution >= 4 is 0 Å². The highest BCUT2D eigenvalue weighted by molar-refractivity contribution is 5.26. The SMILES string of the molecule is CCc1ccc(C(N)C2CN(C)CCN2C)cc1. The van der Waals surface area contributed by atoms with Crippen LogP contribution >= 0.6 is 0 Å². The zero-order chi connectivity index (χ0) is 13.1. The molecule has 1 heterocycles. The van der Waals surface area contributed by atoms with E-state index in [0.717, 1.165) is 26.1 Å². The first kappa shape index (κ1) is 13.5. The molecule has 0 aliphatic carbocycles. The number of nitrogens with zero attached hydrogens (tertiary/aromatic N) is 2. The van der Waals surface area contributed by atoms with Gasteiger partial charge in [-0.2, -0.15) is 0 Å². The smallest absolute Gasteiger partial charge is 0.0465 e. The van der Waals surface area contributed by atoms with Crippen molar-refractivity contribution in [2.24, 2.45) is 5.73 Å². The number of rotatable bonds is 3. The molecule has 1 aromatic rings.